The van der Waals surface area contributed by atoms with E-state index in [1.165, 1.54) is 0 Å². The van der Waals surface area contributed by atoms with Crippen molar-refractivity contribution in [2.75, 3.05) is 7.11 Å². The largest absolute Gasteiger partial charge is 0.367 e. The van der Waals surface area contributed by atoms with E-state index in [2.05, 4.69) is 21.2 Å². The highest BCUT2D eigenvalue weighted by Crippen LogP contribution is 2.21. The lowest BCUT2D eigenvalue weighted by atomic mass is 10.1. The van der Waals surface area contributed by atoms with E-state index in [-0.39, 0.29) is 11.9 Å². The third-order valence-electron chi connectivity index (χ3n) is 3.28. The van der Waals surface area contributed by atoms with Gasteiger partial charge in [0.15, 0.2) is 6.10 Å². The van der Waals surface area contributed by atoms with Gasteiger partial charge in [0, 0.05) is 11.6 Å². The molecule has 0 aromatic heterocycles. The van der Waals surface area contributed by atoms with Gasteiger partial charge in [0.05, 0.1) is 6.04 Å². The predicted molar refractivity (Wildman–Crippen MR) is 86.9 cm³/mol. The van der Waals surface area contributed by atoms with Crippen LogP contribution in [0.5, 0.6) is 0 Å². The van der Waals surface area contributed by atoms with Crippen LogP contribution in [0.4, 0.5) is 0 Å². The lowest BCUT2D eigenvalue weighted by Crippen LogP contribution is -2.32. The highest BCUT2D eigenvalue weighted by atomic mass is 79.9. The Hall–Kier alpha value is -1.65. The molecule has 0 radical (unpaired) electrons. The Balaban J connectivity index is 2.09. The molecule has 21 heavy (non-hydrogen) atoms. The summed E-state index contributed by atoms with van der Waals surface area (Å²) in [5.74, 6) is -0.142. The first-order valence-corrected chi connectivity index (χ1v) is 7.54. The first-order valence-electron chi connectivity index (χ1n) is 6.75. The van der Waals surface area contributed by atoms with Crippen molar-refractivity contribution in [1.82, 2.24) is 5.32 Å². The maximum atomic E-state index is 12.4. The van der Waals surface area contributed by atoms with Crippen LogP contribution in [0.3, 0.4) is 0 Å². The van der Waals surface area contributed by atoms with Gasteiger partial charge in [0.25, 0.3) is 5.91 Å². The standard InChI is InChI=1S/C17H18BrNO2/c1-12(14-9-6-10-15(18)11-14)19-17(20)16(21-2)13-7-4-3-5-8-13/h3-12,16H,1-2H3,(H,19,20). The summed E-state index contributed by atoms with van der Waals surface area (Å²) in [4.78, 5) is 12.4. The number of amides is 1. The molecule has 0 aliphatic rings. The van der Waals surface area contributed by atoms with Gasteiger partial charge >= 0.3 is 0 Å². The number of rotatable bonds is 5. The van der Waals surface area contributed by atoms with E-state index in [1.807, 2.05) is 61.5 Å². The van der Waals surface area contributed by atoms with E-state index in [9.17, 15) is 4.79 Å². The van der Waals surface area contributed by atoms with Gasteiger partial charge in [-0.05, 0) is 30.2 Å². The highest BCUT2D eigenvalue weighted by molar-refractivity contribution is 9.10. The Morgan fingerprint density at radius 3 is 2.38 bits per heavy atom. The minimum Gasteiger partial charge on any atom is -0.367 e. The summed E-state index contributed by atoms with van der Waals surface area (Å²) in [6.45, 7) is 1.96. The maximum absolute atomic E-state index is 12.4. The van der Waals surface area contributed by atoms with Gasteiger partial charge in [-0.15, -0.1) is 0 Å². The first-order chi connectivity index (χ1) is 10.1. The van der Waals surface area contributed by atoms with Crippen molar-refractivity contribution in [1.29, 1.82) is 0 Å². The summed E-state index contributed by atoms with van der Waals surface area (Å²) >= 11 is 3.44. The molecule has 2 aromatic rings. The molecule has 2 unspecified atom stereocenters. The molecule has 3 nitrogen and oxygen atoms in total. The summed E-state index contributed by atoms with van der Waals surface area (Å²) in [5.41, 5.74) is 1.89. The zero-order valence-corrected chi connectivity index (χ0v) is 13.6. The van der Waals surface area contributed by atoms with Crippen LogP contribution < -0.4 is 5.32 Å². The summed E-state index contributed by atoms with van der Waals surface area (Å²) in [7, 11) is 1.54. The molecular formula is C17H18BrNO2. The molecule has 0 saturated heterocycles. The van der Waals surface area contributed by atoms with Crippen LogP contribution in [-0.2, 0) is 9.53 Å². The van der Waals surface area contributed by atoms with Crippen LogP contribution in [0.25, 0.3) is 0 Å². The van der Waals surface area contributed by atoms with Crippen molar-refractivity contribution >= 4 is 21.8 Å². The molecule has 110 valence electrons. The van der Waals surface area contributed by atoms with Crippen molar-refractivity contribution in [3.63, 3.8) is 0 Å². The number of hydrogen-bond acceptors (Lipinski definition) is 2. The van der Waals surface area contributed by atoms with Crippen molar-refractivity contribution in [2.45, 2.75) is 19.1 Å². The third-order valence-corrected chi connectivity index (χ3v) is 3.78. The average molecular weight is 348 g/mol. The molecule has 0 heterocycles. The summed E-state index contributed by atoms with van der Waals surface area (Å²) in [6, 6.07) is 17.3. The summed E-state index contributed by atoms with van der Waals surface area (Å²) in [6.07, 6.45) is -0.596. The first kappa shape index (κ1) is 15.7. The number of nitrogens with one attached hydrogen (secondary N) is 1. The van der Waals surface area contributed by atoms with E-state index in [4.69, 9.17) is 4.74 Å². The van der Waals surface area contributed by atoms with Gasteiger partial charge < -0.3 is 10.1 Å². The van der Waals surface area contributed by atoms with Crippen molar-refractivity contribution < 1.29 is 9.53 Å². The Bertz CT molecular complexity index is 601. The van der Waals surface area contributed by atoms with Crippen LogP contribution in [0, 0.1) is 0 Å². The van der Waals surface area contributed by atoms with E-state index in [0.29, 0.717) is 0 Å². The number of ether oxygens (including phenoxy) is 1. The minimum atomic E-state index is -0.596. The zero-order chi connectivity index (χ0) is 15.2. The number of carbonyl (C=O) groups excluding carboxylic acids is 1. The fraction of sp³-hybridized carbons (Fsp3) is 0.235. The average Bonchev–Trinajstić information content (AvgIpc) is 2.49. The third kappa shape index (κ3) is 4.16. The Labute approximate surface area is 133 Å². The lowest BCUT2D eigenvalue weighted by molar-refractivity contribution is -0.132. The Kier molecular flexibility index (Phi) is 5.53. The lowest BCUT2D eigenvalue weighted by Gasteiger charge is -2.20. The smallest absolute Gasteiger partial charge is 0.254 e. The number of carbonyl (C=O) groups is 1. The maximum Gasteiger partial charge on any atom is 0.254 e. The molecule has 0 aliphatic heterocycles. The quantitative estimate of drug-likeness (QED) is 0.887. The molecule has 1 amide bonds. The number of halogens is 1. The molecule has 2 aromatic carbocycles. The van der Waals surface area contributed by atoms with Crippen LogP contribution in [0.1, 0.15) is 30.2 Å². The van der Waals surface area contributed by atoms with Gasteiger partial charge in [-0.2, -0.15) is 0 Å². The summed E-state index contributed by atoms with van der Waals surface area (Å²) in [5, 5.41) is 2.99. The van der Waals surface area contributed by atoms with Gasteiger partial charge in [-0.3, -0.25) is 4.79 Å². The minimum absolute atomic E-state index is 0.0867. The van der Waals surface area contributed by atoms with E-state index in [0.717, 1.165) is 15.6 Å². The summed E-state index contributed by atoms with van der Waals surface area (Å²) < 4.78 is 6.33. The molecule has 0 bridgehead atoms. The number of methoxy groups -OCH3 is 1. The molecule has 2 atom stereocenters. The second-order valence-corrected chi connectivity index (χ2v) is 5.73. The second kappa shape index (κ2) is 7.38. The molecule has 0 saturated carbocycles. The Morgan fingerprint density at radius 1 is 1.10 bits per heavy atom. The molecule has 0 fully saturated rings. The fourth-order valence-corrected chi connectivity index (χ4v) is 2.59. The Morgan fingerprint density at radius 2 is 1.76 bits per heavy atom. The van der Waals surface area contributed by atoms with E-state index >= 15 is 0 Å². The van der Waals surface area contributed by atoms with Crippen molar-refractivity contribution in [3.05, 3.63) is 70.2 Å². The van der Waals surface area contributed by atoms with Gasteiger partial charge in [0.2, 0.25) is 0 Å². The van der Waals surface area contributed by atoms with Gasteiger partial charge in [-0.25, -0.2) is 0 Å². The SMILES string of the molecule is COC(C(=O)NC(C)c1cccc(Br)c1)c1ccccc1. The normalized spacial score (nSPS) is 13.5. The highest BCUT2D eigenvalue weighted by Gasteiger charge is 2.21. The number of benzene rings is 2. The fourth-order valence-electron chi connectivity index (χ4n) is 2.17. The monoisotopic (exact) mass is 347 g/mol. The van der Waals surface area contributed by atoms with Crippen LogP contribution in [0.15, 0.2) is 59.1 Å². The van der Waals surface area contributed by atoms with Crippen LogP contribution >= 0.6 is 15.9 Å². The van der Waals surface area contributed by atoms with E-state index in [1.54, 1.807) is 7.11 Å². The molecule has 1 N–H and O–H groups in total. The van der Waals surface area contributed by atoms with Gasteiger partial charge in [0.1, 0.15) is 0 Å². The topological polar surface area (TPSA) is 38.3 Å². The van der Waals surface area contributed by atoms with E-state index < -0.39 is 6.10 Å². The van der Waals surface area contributed by atoms with Crippen LogP contribution in [-0.4, -0.2) is 13.0 Å². The number of hydrogen-bond donors (Lipinski definition) is 1. The molecule has 2 rings (SSSR count). The van der Waals surface area contributed by atoms with Crippen molar-refractivity contribution in [3.8, 4) is 0 Å². The van der Waals surface area contributed by atoms with Crippen LogP contribution in [0.2, 0.25) is 0 Å². The predicted octanol–water partition coefficient (Wildman–Crippen LogP) is 4.01. The van der Waals surface area contributed by atoms with Gasteiger partial charge in [-0.1, -0.05) is 58.4 Å². The molecule has 0 aliphatic carbocycles. The molecule has 4 heteroatoms. The van der Waals surface area contributed by atoms with Crippen molar-refractivity contribution in [2.24, 2.45) is 0 Å². The molecule has 0 spiro atoms. The zero-order valence-electron chi connectivity index (χ0n) is 12.0. The molecular weight excluding hydrogens is 330 g/mol. The second-order valence-electron chi connectivity index (χ2n) is 4.81.